The van der Waals surface area contributed by atoms with Gasteiger partial charge in [0.2, 0.25) is 0 Å². The molecule has 2 aromatic heterocycles. The van der Waals surface area contributed by atoms with E-state index in [4.69, 9.17) is 9.97 Å². The molecule has 2 aliphatic rings. The summed E-state index contributed by atoms with van der Waals surface area (Å²) in [6.07, 6.45) is 0. The van der Waals surface area contributed by atoms with Crippen molar-refractivity contribution in [1.82, 2.24) is 9.97 Å². The average Bonchev–Trinajstić information content (AvgIpc) is 3.84. The molecule has 2 aliphatic carbocycles. The molecule has 0 amide bonds. The van der Waals surface area contributed by atoms with Crippen LogP contribution in [-0.2, 0) is 44.0 Å². The van der Waals surface area contributed by atoms with Crippen molar-refractivity contribution in [3.05, 3.63) is 185 Å². The monoisotopic (exact) mass is 1010 g/mol. The van der Waals surface area contributed by atoms with E-state index in [1.54, 1.807) is 0 Å². The Morgan fingerprint density at radius 3 is 1.78 bits per heavy atom. The zero-order valence-electron chi connectivity index (χ0n) is 38.5. The first-order chi connectivity index (χ1) is 30.0. The number of pyridine rings is 1. The minimum Gasteiger partial charge on any atom is -0.656 e. The van der Waals surface area contributed by atoms with E-state index in [-0.39, 0.29) is 44.0 Å². The van der Waals surface area contributed by atoms with Gasteiger partial charge in [-0.2, -0.15) is 29.8 Å². The van der Waals surface area contributed by atoms with E-state index in [0.717, 1.165) is 50.2 Å². The van der Waals surface area contributed by atoms with Crippen molar-refractivity contribution in [3.63, 3.8) is 0 Å². The van der Waals surface area contributed by atoms with Gasteiger partial charge in [-0.25, -0.2) is 5.56 Å². The summed E-state index contributed by atoms with van der Waals surface area (Å²) in [6.45, 7) is 23.1. The van der Waals surface area contributed by atoms with E-state index in [2.05, 4.69) is 221 Å². The first kappa shape index (κ1) is 42.2. The number of rotatable bonds is 4. The van der Waals surface area contributed by atoms with Crippen LogP contribution in [0.25, 0.3) is 88.8 Å². The van der Waals surface area contributed by atoms with Crippen LogP contribution in [0.15, 0.2) is 140 Å². The van der Waals surface area contributed by atoms with Crippen LogP contribution in [0.2, 0.25) is 0 Å². The number of fused-ring (bicyclic) bond motifs is 9. The van der Waals surface area contributed by atoms with E-state index < -0.39 is 0 Å². The summed E-state index contributed by atoms with van der Waals surface area (Å²) in [5, 5.41) is 2.38. The number of hydrogen-bond acceptors (Lipinski definition) is 1. The molecule has 318 valence electrons. The molecule has 2 nitrogen and oxygen atoms in total. The molecule has 0 spiro atoms. The Kier molecular flexibility index (Phi) is 9.64. The molecular weight excluding hydrogens is 958 g/mol. The van der Waals surface area contributed by atoms with Gasteiger partial charge in [-0.3, -0.25) is 4.98 Å². The van der Waals surface area contributed by atoms with Crippen LogP contribution in [0.4, 0.5) is 0 Å². The fourth-order valence-corrected chi connectivity index (χ4v) is 10.5. The topological polar surface area (TPSA) is 27.0 Å². The summed E-state index contributed by atoms with van der Waals surface area (Å²) < 4.78 is 0. The normalized spacial score (nSPS) is 14.5. The molecule has 0 fully saturated rings. The molecular formula is C61H53AuN2. The Bertz CT molecular complexity index is 3240. The zero-order chi connectivity index (χ0) is 43.8. The molecule has 9 aromatic rings. The molecule has 0 saturated carbocycles. The van der Waals surface area contributed by atoms with Crippen molar-refractivity contribution in [1.29, 1.82) is 0 Å². The SMILES string of the molecule is CC(C)(C)c1ccc2[n-]c3c(-c4cccc(-c5[c-]c(-c6[c-]cc7c(c6)C(C)(C)c6ccccc6-7)cc(-c6ccc7c(c6)C(C)(C)c6ccccc6-7)c5)n4)cc(C(C)(C)C)cc3c2c1.[Au+3]. The summed E-state index contributed by atoms with van der Waals surface area (Å²) in [4.78, 5) is 10.8. The second-order valence-electron chi connectivity index (χ2n) is 21.1. The maximum atomic E-state index is 5.52. The van der Waals surface area contributed by atoms with Crippen molar-refractivity contribution in [2.45, 2.75) is 90.9 Å². The minimum atomic E-state index is -0.131. The van der Waals surface area contributed by atoms with E-state index in [1.165, 1.54) is 72.0 Å². The largest absolute Gasteiger partial charge is 3.00 e. The van der Waals surface area contributed by atoms with Gasteiger partial charge < -0.3 is 4.98 Å². The molecule has 7 aromatic carbocycles. The fourth-order valence-electron chi connectivity index (χ4n) is 10.5. The second-order valence-corrected chi connectivity index (χ2v) is 21.1. The molecule has 64 heavy (non-hydrogen) atoms. The van der Waals surface area contributed by atoms with Crippen LogP contribution in [0.5, 0.6) is 0 Å². The van der Waals surface area contributed by atoms with Gasteiger partial charge in [0.15, 0.2) is 0 Å². The van der Waals surface area contributed by atoms with Crippen LogP contribution in [0, 0.1) is 12.1 Å². The summed E-state index contributed by atoms with van der Waals surface area (Å²) in [6, 6.07) is 59.3. The van der Waals surface area contributed by atoms with Crippen LogP contribution in [-0.4, -0.2) is 4.98 Å². The third-order valence-electron chi connectivity index (χ3n) is 14.3. The number of aromatic nitrogens is 2. The van der Waals surface area contributed by atoms with E-state index in [9.17, 15) is 0 Å². The van der Waals surface area contributed by atoms with Gasteiger partial charge >= 0.3 is 22.4 Å². The van der Waals surface area contributed by atoms with Crippen LogP contribution >= 0.6 is 0 Å². The smallest absolute Gasteiger partial charge is 0.656 e. The molecule has 0 unspecified atom stereocenters. The van der Waals surface area contributed by atoms with E-state index in [1.807, 2.05) is 0 Å². The molecule has 0 aliphatic heterocycles. The Labute approximate surface area is 394 Å². The molecule has 3 heteroatoms. The molecule has 11 rings (SSSR count). The van der Waals surface area contributed by atoms with Crippen LogP contribution in [0.3, 0.4) is 0 Å². The van der Waals surface area contributed by atoms with Crippen LogP contribution < -0.4 is 4.98 Å². The fraction of sp³-hybridized carbons (Fsp3) is 0.230. The number of nitrogens with zero attached hydrogens (tertiary/aromatic N) is 2. The molecule has 0 radical (unpaired) electrons. The third kappa shape index (κ3) is 6.60. The average molecular weight is 1010 g/mol. The van der Waals surface area contributed by atoms with Crippen molar-refractivity contribution in [2.75, 3.05) is 0 Å². The predicted octanol–water partition coefficient (Wildman–Crippen LogP) is 15.8. The van der Waals surface area contributed by atoms with Crippen molar-refractivity contribution < 1.29 is 22.4 Å². The molecule has 0 atom stereocenters. The van der Waals surface area contributed by atoms with Gasteiger partial charge in [0.1, 0.15) is 0 Å². The summed E-state index contributed by atoms with van der Waals surface area (Å²) in [5.74, 6) is 0. The van der Waals surface area contributed by atoms with Gasteiger partial charge in [0.05, 0.1) is 5.69 Å². The van der Waals surface area contributed by atoms with Gasteiger partial charge in [0, 0.05) is 11.1 Å². The Morgan fingerprint density at radius 2 is 1.08 bits per heavy atom. The van der Waals surface area contributed by atoms with Crippen molar-refractivity contribution >= 4 is 21.8 Å². The summed E-state index contributed by atoms with van der Waals surface area (Å²) >= 11 is 0. The molecule has 0 bridgehead atoms. The Balaban J connectivity index is 0.00000484. The first-order valence-corrected chi connectivity index (χ1v) is 22.5. The Morgan fingerprint density at radius 1 is 0.469 bits per heavy atom. The Hall–Kier alpha value is -5.77. The first-order valence-electron chi connectivity index (χ1n) is 22.5. The van der Waals surface area contributed by atoms with Gasteiger partial charge in [-0.05, 0) is 83.2 Å². The van der Waals surface area contributed by atoms with Gasteiger partial charge in [0.25, 0.3) is 0 Å². The van der Waals surface area contributed by atoms with Gasteiger partial charge in [-0.1, -0.05) is 195 Å². The zero-order valence-corrected chi connectivity index (χ0v) is 40.6. The molecule has 0 saturated heterocycles. The predicted molar refractivity (Wildman–Crippen MR) is 265 cm³/mol. The van der Waals surface area contributed by atoms with Crippen LogP contribution in [0.1, 0.15) is 103 Å². The molecule has 0 N–H and O–H groups in total. The quantitative estimate of drug-likeness (QED) is 0.130. The van der Waals surface area contributed by atoms with Crippen molar-refractivity contribution in [2.24, 2.45) is 0 Å². The third-order valence-corrected chi connectivity index (χ3v) is 14.3. The summed E-state index contributed by atoms with van der Waals surface area (Å²) in [5.41, 5.74) is 23.0. The number of benzene rings is 7. The maximum absolute atomic E-state index is 5.52. The van der Waals surface area contributed by atoms with E-state index >= 15 is 0 Å². The summed E-state index contributed by atoms with van der Waals surface area (Å²) in [7, 11) is 0. The standard InChI is InChI=1S/C61H53N2.Au/c1-58(2,3)41-24-27-56-47(33-41)48-34-42(59(4,5)6)35-49(57(48)63-56)55-21-15-20-54(62-55)40-29-38(36-22-25-45-43-16-11-13-18-50(43)60(7,8)52(45)31-36)28-39(30-40)37-23-26-46-44-17-12-14-19-51(44)61(9,10)53(46)32-37;/h11-22,24-29,31-35H,1-10H3;/q-3;+3. The number of hydrogen-bond donors (Lipinski definition) is 0. The second kappa shape index (κ2) is 14.6. The molecule has 2 heterocycles. The van der Waals surface area contributed by atoms with Gasteiger partial charge in [-0.15, -0.1) is 34.3 Å². The maximum Gasteiger partial charge on any atom is 3.00 e. The minimum absolute atomic E-state index is 0. The van der Waals surface area contributed by atoms with Crippen molar-refractivity contribution in [3.8, 4) is 67.0 Å². The van der Waals surface area contributed by atoms with E-state index in [0.29, 0.717) is 0 Å².